The Labute approximate surface area is 131 Å². The van der Waals surface area contributed by atoms with Gasteiger partial charge in [0.25, 0.3) is 0 Å². The molecule has 0 amide bonds. The number of rotatable bonds is 3. The molecular weight excluding hydrogens is 312 g/mol. The second-order valence-electron chi connectivity index (χ2n) is 4.65. The van der Waals surface area contributed by atoms with Crippen LogP contribution in [0.5, 0.6) is 0 Å². The average Bonchev–Trinajstić information content (AvgIpc) is 2.81. The molecule has 108 valence electrons. The largest absolute Gasteiger partial charge is 0.330 e. The van der Waals surface area contributed by atoms with Crippen molar-refractivity contribution in [1.29, 1.82) is 0 Å². The summed E-state index contributed by atoms with van der Waals surface area (Å²) >= 11 is 12.0. The molecule has 0 fully saturated rings. The third-order valence-electron chi connectivity index (χ3n) is 3.26. The van der Waals surface area contributed by atoms with Gasteiger partial charge in [0.1, 0.15) is 11.5 Å². The van der Waals surface area contributed by atoms with Crippen molar-refractivity contribution in [2.75, 3.05) is 6.54 Å². The first-order valence-electron chi connectivity index (χ1n) is 6.42. The molecule has 0 saturated heterocycles. The molecule has 0 bridgehead atoms. The monoisotopic (exact) mass is 323 g/mol. The van der Waals surface area contributed by atoms with Gasteiger partial charge in [0.2, 0.25) is 0 Å². The summed E-state index contributed by atoms with van der Waals surface area (Å²) in [7, 11) is 0. The maximum absolute atomic E-state index is 13.5. The SMILES string of the molecule is NCCc1c(-c2ccc(Cl)c(Cl)c2)nc2ccc(F)cn12. The van der Waals surface area contributed by atoms with E-state index in [9.17, 15) is 4.39 Å². The Morgan fingerprint density at radius 2 is 1.95 bits per heavy atom. The highest BCUT2D eigenvalue weighted by atomic mass is 35.5. The van der Waals surface area contributed by atoms with Gasteiger partial charge < -0.3 is 10.1 Å². The molecule has 0 aliphatic heterocycles. The number of hydrogen-bond donors (Lipinski definition) is 1. The number of pyridine rings is 1. The number of benzene rings is 1. The lowest BCUT2D eigenvalue weighted by atomic mass is 10.1. The van der Waals surface area contributed by atoms with E-state index in [0.29, 0.717) is 28.7 Å². The molecular formula is C15H12Cl2FN3. The normalized spacial score (nSPS) is 11.2. The van der Waals surface area contributed by atoms with Crippen LogP contribution in [0.2, 0.25) is 10.0 Å². The summed E-state index contributed by atoms with van der Waals surface area (Å²) < 4.78 is 15.2. The van der Waals surface area contributed by atoms with Gasteiger partial charge >= 0.3 is 0 Å². The minimum Gasteiger partial charge on any atom is -0.330 e. The van der Waals surface area contributed by atoms with Crippen molar-refractivity contribution in [3.8, 4) is 11.3 Å². The van der Waals surface area contributed by atoms with Crippen molar-refractivity contribution in [3.05, 3.63) is 58.1 Å². The van der Waals surface area contributed by atoms with Gasteiger partial charge in [-0.1, -0.05) is 29.3 Å². The Morgan fingerprint density at radius 3 is 2.67 bits per heavy atom. The Morgan fingerprint density at radius 1 is 1.14 bits per heavy atom. The molecule has 3 aromatic rings. The van der Waals surface area contributed by atoms with Crippen LogP contribution in [0.3, 0.4) is 0 Å². The minimum absolute atomic E-state index is 0.321. The van der Waals surface area contributed by atoms with Gasteiger partial charge in [-0.3, -0.25) is 0 Å². The lowest BCUT2D eigenvalue weighted by Crippen LogP contribution is -2.06. The first-order chi connectivity index (χ1) is 10.1. The van der Waals surface area contributed by atoms with E-state index in [4.69, 9.17) is 28.9 Å². The van der Waals surface area contributed by atoms with Gasteiger partial charge in [-0.15, -0.1) is 0 Å². The molecule has 6 heteroatoms. The number of aromatic nitrogens is 2. The Kier molecular flexibility index (Phi) is 3.85. The van der Waals surface area contributed by atoms with Crippen LogP contribution in [0.4, 0.5) is 4.39 Å². The minimum atomic E-state index is -0.321. The summed E-state index contributed by atoms with van der Waals surface area (Å²) in [6, 6.07) is 8.33. The lowest BCUT2D eigenvalue weighted by molar-refractivity contribution is 0.617. The standard InChI is InChI=1S/C15H12Cl2FN3/c16-11-3-1-9(7-12(11)17)15-13(5-6-19)21-8-10(18)2-4-14(21)20-15/h1-4,7-8H,5-6,19H2. The Hall–Kier alpha value is -1.62. The third kappa shape index (κ3) is 2.62. The van der Waals surface area contributed by atoms with E-state index in [2.05, 4.69) is 4.98 Å². The van der Waals surface area contributed by atoms with Gasteiger partial charge in [0, 0.05) is 18.2 Å². The van der Waals surface area contributed by atoms with Crippen LogP contribution < -0.4 is 5.73 Å². The molecule has 0 radical (unpaired) electrons. The Balaban J connectivity index is 2.25. The number of fused-ring (bicyclic) bond motifs is 1. The zero-order valence-electron chi connectivity index (χ0n) is 11.0. The van der Waals surface area contributed by atoms with E-state index in [1.165, 1.54) is 12.3 Å². The maximum Gasteiger partial charge on any atom is 0.139 e. The molecule has 0 atom stereocenters. The van der Waals surface area contributed by atoms with Crippen LogP contribution in [0.25, 0.3) is 16.9 Å². The van der Waals surface area contributed by atoms with Gasteiger partial charge in [-0.2, -0.15) is 0 Å². The van der Waals surface area contributed by atoms with Crippen LogP contribution >= 0.6 is 23.2 Å². The summed E-state index contributed by atoms with van der Waals surface area (Å²) in [5.74, 6) is -0.321. The predicted molar refractivity (Wildman–Crippen MR) is 83.4 cm³/mol. The van der Waals surface area contributed by atoms with Crippen LogP contribution in [-0.4, -0.2) is 15.9 Å². The van der Waals surface area contributed by atoms with E-state index in [1.54, 1.807) is 22.6 Å². The van der Waals surface area contributed by atoms with Gasteiger partial charge in [0.15, 0.2) is 0 Å². The van der Waals surface area contributed by atoms with E-state index in [1.807, 2.05) is 6.07 Å². The van der Waals surface area contributed by atoms with Crippen LogP contribution in [-0.2, 0) is 6.42 Å². The first kappa shape index (κ1) is 14.3. The Bertz CT molecular complexity index is 814. The van der Waals surface area contributed by atoms with Crippen molar-refractivity contribution >= 4 is 28.8 Å². The molecule has 2 N–H and O–H groups in total. The molecule has 0 aliphatic carbocycles. The van der Waals surface area contributed by atoms with E-state index in [0.717, 1.165) is 17.0 Å². The van der Waals surface area contributed by atoms with Crippen molar-refractivity contribution in [2.24, 2.45) is 5.73 Å². The lowest BCUT2D eigenvalue weighted by Gasteiger charge is -2.05. The highest BCUT2D eigenvalue weighted by molar-refractivity contribution is 6.42. The van der Waals surface area contributed by atoms with Gasteiger partial charge in [0.05, 0.1) is 21.4 Å². The molecule has 0 unspecified atom stereocenters. The van der Waals surface area contributed by atoms with Crippen molar-refractivity contribution < 1.29 is 4.39 Å². The number of imidazole rings is 1. The van der Waals surface area contributed by atoms with Crippen LogP contribution in [0.15, 0.2) is 36.5 Å². The number of nitrogens with two attached hydrogens (primary N) is 1. The third-order valence-corrected chi connectivity index (χ3v) is 3.99. The summed E-state index contributed by atoms with van der Waals surface area (Å²) in [6.45, 7) is 0.443. The molecule has 3 rings (SSSR count). The topological polar surface area (TPSA) is 43.3 Å². The quantitative estimate of drug-likeness (QED) is 0.793. The van der Waals surface area contributed by atoms with Crippen molar-refractivity contribution in [3.63, 3.8) is 0 Å². The molecule has 2 aromatic heterocycles. The molecule has 0 spiro atoms. The van der Waals surface area contributed by atoms with Gasteiger partial charge in [-0.25, -0.2) is 9.37 Å². The second kappa shape index (κ2) is 5.64. The van der Waals surface area contributed by atoms with Crippen molar-refractivity contribution in [1.82, 2.24) is 9.38 Å². The molecule has 1 aromatic carbocycles. The fourth-order valence-electron chi connectivity index (χ4n) is 2.32. The van der Waals surface area contributed by atoms with Crippen LogP contribution in [0, 0.1) is 5.82 Å². The predicted octanol–water partition coefficient (Wildman–Crippen LogP) is 3.95. The van der Waals surface area contributed by atoms with Gasteiger partial charge in [-0.05, 0) is 30.8 Å². The maximum atomic E-state index is 13.5. The smallest absolute Gasteiger partial charge is 0.139 e. The number of nitrogens with zero attached hydrogens (tertiary/aromatic N) is 2. The van der Waals surface area contributed by atoms with E-state index >= 15 is 0 Å². The van der Waals surface area contributed by atoms with E-state index < -0.39 is 0 Å². The highest BCUT2D eigenvalue weighted by Crippen LogP contribution is 2.30. The van der Waals surface area contributed by atoms with E-state index in [-0.39, 0.29) is 5.82 Å². The molecule has 0 saturated carbocycles. The molecule has 0 aliphatic rings. The summed E-state index contributed by atoms with van der Waals surface area (Å²) in [6.07, 6.45) is 1.99. The van der Waals surface area contributed by atoms with Crippen molar-refractivity contribution in [2.45, 2.75) is 6.42 Å². The zero-order valence-corrected chi connectivity index (χ0v) is 12.5. The summed E-state index contributed by atoms with van der Waals surface area (Å²) in [5, 5.41) is 0.937. The van der Waals surface area contributed by atoms with Crippen LogP contribution in [0.1, 0.15) is 5.69 Å². The fourth-order valence-corrected chi connectivity index (χ4v) is 2.62. The zero-order chi connectivity index (χ0) is 15.0. The first-order valence-corrected chi connectivity index (χ1v) is 7.17. The number of hydrogen-bond acceptors (Lipinski definition) is 2. The summed E-state index contributed by atoms with van der Waals surface area (Å²) in [4.78, 5) is 4.55. The molecule has 3 nitrogen and oxygen atoms in total. The number of halogens is 3. The molecule has 21 heavy (non-hydrogen) atoms. The summed E-state index contributed by atoms with van der Waals surface area (Å²) in [5.41, 5.74) is 8.76. The molecule has 2 heterocycles. The highest BCUT2D eigenvalue weighted by Gasteiger charge is 2.14. The second-order valence-corrected chi connectivity index (χ2v) is 5.46. The average molecular weight is 324 g/mol. The fraction of sp³-hybridized carbons (Fsp3) is 0.133.